The zero-order valence-corrected chi connectivity index (χ0v) is 14.6. The van der Waals surface area contributed by atoms with E-state index in [0.29, 0.717) is 36.5 Å². The molecule has 0 heterocycles. The lowest BCUT2D eigenvalue weighted by atomic mass is 9.94. The first-order valence-electron chi connectivity index (χ1n) is 7.99. The van der Waals surface area contributed by atoms with Gasteiger partial charge in [-0.25, -0.2) is 0 Å². The molecule has 128 valence electrons. The highest BCUT2D eigenvalue weighted by Crippen LogP contribution is 2.10. The predicted molar refractivity (Wildman–Crippen MR) is 93.5 cm³/mol. The van der Waals surface area contributed by atoms with Crippen LogP contribution in [-0.4, -0.2) is 30.4 Å². The van der Waals surface area contributed by atoms with E-state index in [0.717, 1.165) is 12.8 Å². The summed E-state index contributed by atoms with van der Waals surface area (Å²) >= 11 is 5.78. The van der Waals surface area contributed by atoms with Crippen molar-refractivity contribution < 1.29 is 9.59 Å². The van der Waals surface area contributed by atoms with E-state index in [4.69, 9.17) is 17.3 Å². The standard InChI is InChI=1S/C17H26ClN3O2/c1-3-17(19,4-2)12-21-15(22)6-5-11-20-16(23)13-7-9-14(18)10-8-13/h7-10H,3-6,11-12,19H2,1-2H3,(H,20,23)(H,21,22). The van der Waals surface area contributed by atoms with Crippen molar-refractivity contribution in [3.63, 3.8) is 0 Å². The molecule has 0 aromatic heterocycles. The minimum absolute atomic E-state index is 0.0394. The molecular formula is C17H26ClN3O2. The van der Waals surface area contributed by atoms with Gasteiger partial charge in [0.1, 0.15) is 0 Å². The molecule has 2 amide bonds. The predicted octanol–water partition coefficient (Wildman–Crippen LogP) is 2.48. The second kappa shape index (κ2) is 9.53. The van der Waals surface area contributed by atoms with Crippen molar-refractivity contribution in [1.82, 2.24) is 10.6 Å². The Morgan fingerprint density at radius 1 is 1.13 bits per heavy atom. The summed E-state index contributed by atoms with van der Waals surface area (Å²) in [4.78, 5) is 23.6. The van der Waals surface area contributed by atoms with Crippen LogP contribution in [-0.2, 0) is 4.79 Å². The smallest absolute Gasteiger partial charge is 0.251 e. The third-order valence-corrected chi connectivity index (χ3v) is 4.27. The molecule has 0 atom stereocenters. The zero-order valence-electron chi connectivity index (χ0n) is 13.8. The first-order valence-corrected chi connectivity index (χ1v) is 8.37. The molecular weight excluding hydrogens is 314 g/mol. The molecule has 0 unspecified atom stereocenters. The second-order valence-corrected chi connectivity index (χ2v) is 6.15. The molecule has 23 heavy (non-hydrogen) atoms. The SMILES string of the molecule is CCC(N)(CC)CNC(=O)CCCNC(=O)c1ccc(Cl)cc1. The van der Waals surface area contributed by atoms with Gasteiger partial charge < -0.3 is 16.4 Å². The van der Waals surface area contributed by atoms with Crippen molar-refractivity contribution in [2.75, 3.05) is 13.1 Å². The lowest BCUT2D eigenvalue weighted by molar-refractivity contribution is -0.121. The molecule has 0 aliphatic heterocycles. The number of amides is 2. The minimum Gasteiger partial charge on any atom is -0.354 e. The maximum atomic E-state index is 11.9. The van der Waals surface area contributed by atoms with Crippen molar-refractivity contribution in [3.05, 3.63) is 34.9 Å². The summed E-state index contributed by atoms with van der Waals surface area (Å²) in [5.41, 5.74) is 6.35. The lowest BCUT2D eigenvalue weighted by Crippen LogP contribution is -2.49. The number of benzene rings is 1. The van der Waals surface area contributed by atoms with E-state index in [1.807, 2.05) is 13.8 Å². The van der Waals surface area contributed by atoms with Gasteiger partial charge in [-0.05, 0) is 43.5 Å². The molecule has 0 aliphatic rings. The summed E-state index contributed by atoms with van der Waals surface area (Å²) < 4.78 is 0. The highest BCUT2D eigenvalue weighted by atomic mass is 35.5. The van der Waals surface area contributed by atoms with Gasteiger partial charge in [-0.2, -0.15) is 0 Å². The lowest BCUT2D eigenvalue weighted by Gasteiger charge is -2.26. The largest absolute Gasteiger partial charge is 0.354 e. The van der Waals surface area contributed by atoms with Gasteiger partial charge in [-0.1, -0.05) is 25.4 Å². The number of nitrogens with one attached hydrogen (secondary N) is 2. The zero-order chi connectivity index (χ0) is 17.3. The number of halogens is 1. The van der Waals surface area contributed by atoms with Crippen LogP contribution in [0, 0.1) is 0 Å². The number of carbonyl (C=O) groups excluding carboxylic acids is 2. The van der Waals surface area contributed by atoms with Gasteiger partial charge in [-0.3, -0.25) is 9.59 Å². The summed E-state index contributed by atoms with van der Waals surface area (Å²) in [5.74, 6) is -0.206. The fourth-order valence-electron chi connectivity index (χ4n) is 2.02. The molecule has 0 saturated carbocycles. The maximum absolute atomic E-state index is 11.9. The van der Waals surface area contributed by atoms with E-state index in [1.54, 1.807) is 24.3 Å². The first-order chi connectivity index (χ1) is 10.9. The molecule has 5 nitrogen and oxygen atoms in total. The Hall–Kier alpha value is -1.59. The molecule has 1 aromatic carbocycles. The van der Waals surface area contributed by atoms with Crippen LogP contribution < -0.4 is 16.4 Å². The average molecular weight is 340 g/mol. The number of nitrogens with two attached hydrogens (primary N) is 1. The molecule has 0 fully saturated rings. The van der Waals surface area contributed by atoms with Gasteiger partial charge in [0.2, 0.25) is 5.91 Å². The molecule has 0 spiro atoms. The van der Waals surface area contributed by atoms with Crippen molar-refractivity contribution >= 4 is 23.4 Å². The fraction of sp³-hybridized carbons (Fsp3) is 0.529. The Labute approximate surface area is 143 Å². The maximum Gasteiger partial charge on any atom is 0.251 e. The van der Waals surface area contributed by atoms with Crippen LogP contribution in [0.4, 0.5) is 0 Å². The molecule has 0 bridgehead atoms. The number of rotatable bonds is 9. The van der Waals surface area contributed by atoms with E-state index in [2.05, 4.69) is 10.6 Å². The molecule has 0 saturated heterocycles. The molecule has 4 N–H and O–H groups in total. The summed E-state index contributed by atoms with van der Waals surface area (Å²) in [6.07, 6.45) is 2.59. The molecule has 0 aliphatic carbocycles. The topological polar surface area (TPSA) is 84.2 Å². The van der Waals surface area contributed by atoms with Crippen molar-refractivity contribution in [2.45, 2.75) is 45.1 Å². The van der Waals surface area contributed by atoms with Crippen LogP contribution in [0.15, 0.2) is 24.3 Å². The highest BCUT2D eigenvalue weighted by Gasteiger charge is 2.20. The Morgan fingerprint density at radius 3 is 2.30 bits per heavy atom. The quantitative estimate of drug-likeness (QED) is 0.604. The minimum atomic E-state index is -0.335. The van der Waals surface area contributed by atoms with E-state index in [-0.39, 0.29) is 17.4 Å². The van der Waals surface area contributed by atoms with E-state index < -0.39 is 0 Å². The van der Waals surface area contributed by atoms with Crippen LogP contribution in [0.25, 0.3) is 0 Å². The summed E-state index contributed by atoms with van der Waals surface area (Å²) in [5, 5.41) is 6.23. The fourth-order valence-corrected chi connectivity index (χ4v) is 2.14. The number of carbonyl (C=O) groups is 2. The van der Waals surface area contributed by atoms with Crippen molar-refractivity contribution in [2.24, 2.45) is 5.73 Å². The van der Waals surface area contributed by atoms with Crippen LogP contribution in [0.5, 0.6) is 0 Å². The van der Waals surface area contributed by atoms with Crippen LogP contribution in [0.2, 0.25) is 5.02 Å². The molecule has 1 aromatic rings. The van der Waals surface area contributed by atoms with Gasteiger partial charge in [0.25, 0.3) is 5.91 Å². The van der Waals surface area contributed by atoms with Gasteiger partial charge in [0.05, 0.1) is 0 Å². The third-order valence-electron chi connectivity index (χ3n) is 4.02. The van der Waals surface area contributed by atoms with Gasteiger partial charge >= 0.3 is 0 Å². The van der Waals surface area contributed by atoms with Crippen molar-refractivity contribution in [3.8, 4) is 0 Å². The Kier molecular flexibility index (Phi) is 8.06. The van der Waals surface area contributed by atoms with Crippen LogP contribution >= 0.6 is 11.6 Å². The molecule has 6 heteroatoms. The Balaban J connectivity index is 2.22. The van der Waals surface area contributed by atoms with E-state index in [1.165, 1.54) is 0 Å². The molecule has 0 radical (unpaired) electrons. The average Bonchev–Trinajstić information content (AvgIpc) is 2.57. The summed E-state index contributed by atoms with van der Waals surface area (Å²) in [6.45, 7) is 4.96. The van der Waals surface area contributed by atoms with Crippen LogP contribution in [0.3, 0.4) is 0 Å². The van der Waals surface area contributed by atoms with Gasteiger partial charge in [0, 0.05) is 35.6 Å². The van der Waals surface area contributed by atoms with Crippen molar-refractivity contribution in [1.29, 1.82) is 0 Å². The first kappa shape index (κ1) is 19.5. The van der Waals surface area contributed by atoms with Gasteiger partial charge in [0.15, 0.2) is 0 Å². The monoisotopic (exact) mass is 339 g/mol. The molecule has 1 rings (SSSR count). The summed E-state index contributed by atoms with van der Waals surface area (Å²) in [6, 6.07) is 6.68. The third kappa shape index (κ3) is 7.01. The number of hydrogen-bond acceptors (Lipinski definition) is 3. The van der Waals surface area contributed by atoms with Crippen LogP contribution in [0.1, 0.15) is 49.9 Å². The Bertz CT molecular complexity index is 513. The van der Waals surface area contributed by atoms with E-state index >= 15 is 0 Å². The number of hydrogen-bond donors (Lipinski definition) is 3. The Morgan fingerprint density at radius 2 is 1.74 bits per heavy atom. The summed E-state index contributed by atoms with van der Waals surface area (Å²) in [7, 11) is 0. The van der Waals surface area contributed by atoms with Gasteiger partial charge in [-0.15, -0.1) is 0 Å². The normalized spacial score (nSPS) is 11.1. The van der Waals surface area contributed by atoms with E-state index in [9.17, 15) is 9.59 Å². The highest BCUT2D eigenvalue weighted by molar-refractivity contribution is 6.30. The second-order valence-electron chi connectivity index (χ2n) is 5.71.